The SMILES string of the molecule is CCn1c(C(C)N(CC(C)C)C(=O)c2cc(OC)cc(OC)c2)nc2ccccc2c1=O. The van der Waals surface area contributed by atoms with Crippen molar-refractivity contribution in [2.24, 2.45) is 5.92 Å². The number of nitrogens with zero attached hydrogens (tertiary/aromatic N) is 3. The molecule has 3 rings (SSSR count). The normalized spacial score (nSPS) is 12.1. The van der Waals surface area contributed by atoms with E-state index < -0.39 is 6.04 Å². The van der Waals surface area contributed by atoms with Crippen molar-refractivity contribution >= 4 is 16.8 Å². The van der Waals surface area contributed by atoms with Gasteiger partial charge in [-0.25, -0.2) is 4.98 Å². The summed E-state index contributed by atoms with van der Waals surface area (Å²) in [6, 6.07) is 12.0. The number of rotatable bonds is 8. The van der Waals surface area contributed by atoms with Crippen molar-refractivity contribution in [3.05, 3.63) is 64.2 Å². The Kier molecular flexibility index (Phi) is 7.18. The van der Waals surface area contributed by atoms with Gasteiger partial charge in [0.15, 0.2) is 0 Å². The number of hydrogen-bond donors (Lipinski definition) is 0. The van der Waals surface area contributed by atoms with E-state index in [0.717, 1.165) is 0 Å². The summed E-state index contributed by atoms with van der Waals surface area (Å²) < 4.78 is 12.3. The van der Waals surface area contributed by atoms with Gasteiger partial charge in [-0.1, -0.05) is 26.0 Å². The van der Waals surface area contributed by atoms with Crippen LogP contribution in [0.2, 0.25) is 0 Å². The Bertz CT molecular complexity index is 1150. The Morgan fingerprint density at radius 1 is 1.06 bits per heavy atom. The summed E-state index contributed by atoms with van der Waals surface area (Å²) in [5.74, 6) is 1.70. The van der Waals surface area contributed by atoms with E-state index in [0.29, 0.717) is 46.9 Å². The summed E-state index contributed by atoms with van der Waals surface area (Å²) in [6.07, 6.45) is 0. The molecule has 0 spiro atoms. The van der Waals surface area contributed by atoms with Crippen molar-refractivity contribution in [3.63, 3.8) is 0 Å². The van der Waals surface area contributed by atoms with Crippen LogP contribution in [0, 0.1) is 5.92 Å². The number of fused-ring (bicyclic) bond motifs is 1. The largest absolute Gasteiger partial charge is 0.497 e. The van der Waals surface area contributed by atoms with E-state index in [2.05, 4.69) is 13.8 Å². The monoisotopic (exact) mass is 437 g/mol. The third kappa shape index (κ3) is 4.61. The number of ether oxygens (including phenoxy) is 2. The standard InChI is InChI=1S/C25H31N3O4/c1-7-27-23(26-22-11-9-8-10-21(22)25(27)30)17(4)28(15-16(2)3)24(29)18-12-19(31-5)14-20(13-18)32-6/h8-14,16-17H,7,15H2,1-6H3. The molecule has 1 unspecified atom stereocenters. The van der Waals surface area contributed by atoms with E-state index in [4.69, 9.17) is 14.5 Å². The van der Waals surface area contributed by atoms with Crippen LogP contribution in [0.15, 0.2) is 47.3 Å². The molecule has 1 aromatic heterocycles. The first-order chi connectivity index (χ1) is 15.3. The fourth-order valence-corrected chi connectivity index (χ4v) is 3.86. The summed E-state index contributed by atoms with van der Waals surface area (Å²) in [4.78, 5) is 33.4. The molecule has 0 fully saturated rings. The van der Waals surface area contributed by atoms with Crippen LogP contribution in [0.1, 0.15) is 49.9 Å². The molecule has 0 aliphatic rings. The highest BCUT2D eigenvalue weighted by molar-refractivity contribution is 5.95. The molecular formula is C25H31N3O4. The first kappa shape index (κ1) is 23.3. The zero-order valence-electron chi connectivity index (χ0n) is 19.6. The summed E-state index contributed by atoms with van der Waals surface area (Å²) in [5.41, 5.74) is 0.990. The van der Waals surface area contributed by atoms with E-state index in [1.807, 2.05) is 32.0 Å². The van der Waals surface area contributed by atoms with Gasteiger partial charge in [-0.2, -0.15) is 0 Å². The minimum atomic E-state index is -0.417. The molecule has 1 heterocycles. The van der Waals surface area contributed by atoms with Crippen molar-refractivity contribution in [3.8, 4) is 11.5 Å². The number of benzene rings is 2. The summed E-state index contributed by atoms with van der Waals surface area (Å²) >= 11 is 0. The van der Waals surface area contributed by atoms with Crippen LogP contribution in [0.4, 0.5) is 0 Å². The third-order valence-electron chi connectivity index (χ3n) is 5.47. The molecule has 0 saturated heterocycles. The van der Waals surface area contributed by atoms with Crippen molar-refractivity contribution in [2.45, 2.75) is 40.3 Å². The second-order valence-electron chi connectivity index (χ2n) is 8.17. The number of carbonyl (C=O) groups excluding carboxylic acids is 1. The highest BCUT2D eigenvalue weighted by Gasteiger charge is 2.28. The number of carbonyl (C=O) groups is 1. The highest BCUT2D eigenvalue weighted by atomic mass is 16.5. The second-order valence-corrected chi connectivity index (χ2v) is 8.17. The van der Waals surface area contributed by atoms with Crippen molar-refractivity contribution in [1.82, 2.24) is 14.5 Å². The van der Waals surface area contributed by atoms with Crippen LogP contribution in [0.25, 0.3) is 10.9 Å². The highest BCUT2D eigenvalue weighted by Crippen LogP contribution is 2.27. The number of amides is 1. The lowest BCUT2D eigenvalue weighted by Crippen LogP contribution is -2.39. The maximum atomic E-state index is 13.7. The van der Waals surface area contributed by atoms with Gasteiger partial charge >= 0.3 is 0 Å². The average Bonchev–Trinajstić information content (AvgIpc) is 2.81. The molecule has 0 radical (unpaired) electrons. The number of hydrogen-bond acceptors (Lipinski definition) is 5. The molecule has 170 valence electrons. The van der Waals surface area contributed by atoms with Crippen molar-refractivity contribution < 1.29 is 14.3 Å². The van der Waals surface area contributed by atoms with E-state index >= 15 is 0 Å². The van der Waals surface area contributed by atoms with E-state index in [9.17, 15) is 9.59 Å². The van der Waals surface area contributed by atoms with E-state index in [-0.39, 0.29) is 17.4 Å². The Morgan fingerprint density at radius 2 is 1.69 bits per heavy atom. The average molecular weight is 438 g/mol. The predicted octanol–water partition coefficient (Wildman–Crippen LogP) is 4.29. The van der Waals surface area contributed by atoms with Gasteiger partial charge in [0, 0.05) is 24.7 Å². The summed E-state index contributed by atoms with van der Waals surface area (Å²) in [6.45, 7) is 8.91. The van der Waals surface area contributed by atoms with Crippen molar-refractivity contribution in [1.29, 1.82) is 0 Å². The molecule has 1 amide bonds. The zero-order valence-corrected chi connectivity index (χ0v) is 19.6. The number of methoxy groups -OCH3 is 2. The van der Waals surface area contributed by atoms with Crippen LogP contribution in [-0.4, -0.2) is 41.1 Å². The van der Waals surface area contributed by atoms with Gasteiger partial charge in [-0.3, -0.25) is 14.2 Å². The number of aromatic nitrogens is 2. The fraction of sp³-hybridized carbons (Fsp3) is 0.400. The summed E-state index contributed by atoms with van der Waals surface area (Å²) in [7, 11) is 3.10. The van der Waals surface area contributed by atoms with Crippen LogP contribution < -0.4 is 15.0 Å². The molecule has 0 N–H and O–H groups in total. The van der Waals surface area contributed by atoms with Crippen molar-refractivity contribution in [2.75, 3.05) is 20.8 Å². The van der Waals surface area contributed by atoms with Crippen LogP contribution in [0.5, 0.6) is 11.5 Å². The first-order valence-electron chi connectivity index (χ1n) is 10.8. The summed E-state index contributed by atoms with van der Waals surface area (Å²) in [5, 5.41) is 0.574. The second kappa shape index (κ2) is 9.85. The lowest BCUT2D eigenvalue weighted by atomic mass is 10.1. The van der Waals surface area contributed by atoms with Gasteiger partial charge in [-0.15, -0.1) is 0 Å². The number of para-hydroxylation sites is 1. The molecule has 7 nitrogen and oxygen atoms in total. The Balaban J connectivity index is 2.13. The molecule has 7 heteroatoms. The first-order valence-corrected chi connectivity index (χ1v) is 10.8. The molecule has 1 atom stereocenters. The van der Waals surface area contributed by atoms with Gasteiger partial charge in [0.2, 0.25) is 0 Å². The third-order valence-corrected chi connectivity index (χ3v) is 5.47. The topological polar surface area (TPSA) is 73.7 Å². The maximum absolute atomic E-state index is 13.7. The zero-order chi connectivity index (χ0) is 23.4. The van der Waals surface area contributed by atoms with E-state index in [1.165, 1.54) is 0 Å². The molecule has 2 aromatic carbocycles. The fourth-order valence-electron chi connectivity index (χ4n) is 3.86. The minimum absolute atomic E-state index is 0.0973. The van der Waals surface area contributed by atoms with Gasteiger partial charge in [-0.05, 0) is 44.0 Å². The van der Waals surface area contributed by atoms with Gasteiger partial charge in [0.25, 0.3) is 11.5 Å². The molecule has 0 bridgehead atoms. The molecule has 0 saturated carbocycles. The Labute approximate surface area is 188 Å². The molecule has 32 heavy (non-hydrogen) atoms. The minimum Gasteiger partial charge on any atom is -0.497 e. The van der Waals surface area contributed by atoms with Crippen LogP contribution in [0.3, 0.4) is 0 Å². The van der Waals surface area contributed by atoms with Gasteiger partial charge in [0.05, 0.1) is 31.2 Å². The Morgan fingerprint density at radius 3 is 2.25 bits per heavy atom. The van der Waals surface area contributed by atoms with Gasteiger partial charge < -0.3 is 14.4 Å². The molecule has 0 aliphatic heterocycles. The quantitative estimate of drug-likeness (QED) is 0.526. The molecule has 3 aromatic rings. The van der Waals surface area contributed by atoms with Crippen LogP contribution in [-0.2, 0) is 6.54 Å². The predicted molar refractivity (Wildman–Crippen MR) is 126 cm³/mol. The lowest BCUT2D eigenvalue weighted by Gasteiger charge is -2.32. The molecular weight excluding hydrogens is 406 g/mol. The lowest BCUT2D eigenvalue weighted by molar-refractivity contribution is 0.0652. The maximum Gasteiger partial charge on any atom is 0.261 e. The Hall–Kier alpha value is -3.35. The van der Waals surface area contributed by atoms with Crippen LogP contribution >= 0.6 is 0 Å². The van der Waals surface area contributed by atoms with Gasteiger partial charge in [0.1, 0.15) is 17.3 Å². The van der Waals surface area contributed by atoms with E-state index in [1.54, 1.807) is 48.0 Å². The smallest absolute Gasteiger partial charge is 0.261 e. The molecule has 0 aliphatic carbocycles.